The lowest BCUT2D eigenvalue weighted by atomic mass is 9.76. The third kappa shape index (κ3) is 7.53. The average Bonchev–Trinajstić information content (AvgIpc) is 3.12. The number of hydrogen-bond donors (Lipinski definition) is 0. The predicted molar refractivity (Wildman–Crippen MR) is 125 cm³/mol. The molecule has 2 aromatic rings. The summed E-state index contributed by atoms with van der Waals surface area (Å²) in [5.74, 6) is 1.73. The van der Waals surface area contributed by atoms with Crippen LogP contribution in [0.1, 0.15) is 61.4 Å². The lowest BCUT2D eigenvalue weighted by Gasteiger charge is -2.35. The fourth-order valence-electron chi connectivity index (χ4n) is 5.14. The zero-order chi connectivity index (χ0) is 24.8. The van der Waals surface area contributed by atoms with Crippen molar-refractivity contribution in [3.05, 3.63) is 41.2 Å². The van der Waals surface area contributed by atoms with Gasteiger partial charge in [0.25, 0.3) is 6.43 Å². The number of oxazole rings is 1. The lowest BCUT2D eigenvalue weighted by molar-refractivity contribution is -0.120. The molecule has 9 heteroatoms. The number of ether oxygens (including phenoxy) is 1. The normalized spacial score (nSPS) is 23.2. The second kappa shape index (κ2) is 11.5. The highest BCUT2D eigenvalue weighted by molar-refractivity contribution is 5.80. The molecular formula is C26H34F3N3O3. The Morgan fingerprint density at radius 3 is 2.74 bits per heavy atom. The average molecular weight is 494 g/mol. The minimum atomic E-state index is -2.53. The van der Waals surface area contributed by atoms with Crippen LogP contribution in [0.2, 0.25) is 0 Å². The van der Waals surface area contributed by atoms with Crippen LogP contribution in [0.25, 0.3) is 0 Å². The van der Waals surface area contributed by atoms with Gasteiger partial charge in [-0.1, -0.05) is 6.07 Å². The van der Waals surface area contributed by atoms with Crippen molar-refractivity contribution in [2.24, 2.45) is 5.92 Å². The van der Waals surface area contributed by atoms with Gasteiger partial charge >= 0.3 is 0 Å². The van der Waals surface area contributed by atoms with Crippen LogP contribution in [0.4, 0.5) is 13.2 Å². The third-order valence-corrected chi connectivity index (χ3v) is 7.20. The molecule has 6 nitrogen and oxygen atoms in total. The van der Waals surface area contributed by atoms with Crippen LogP contribution >= 0.6 is 0 Å². The van der Waals surface area contributed by atoms with E-state index < -0.39 is 18.7 Å². The molecule has 2 aromatic heterocycles. The fourth-order valence-corrected chi connectivity index (χ4v) is 5.14. The molecule has 0 radical (unpaired) electrons. The summed E-state index contributed by atoms with van der Waals surface area (Å²) >= 11 is 0. The second-order valence-electron chi connectivity index (χ2n) is 9.91. The number of ketones is 1. The van der Waals surface area contributed by atoms with Gasteiger partial charge < -0.3 is 14.1 Å². The van der Waals surface area contributed by atoms with E-state index in [2.05, 4.69) is 14.9 Å². The van der Waals surface area contributed by atoms with Crippen molar-refractivity contribution >= 4 is 5.78 Å². The quantitative estimate of drug-likeness (QED) is 0.468. The summed E-state index contributed by atoms with van der Waals surface area (Å²) in [4.78, 5) is 23.1. The van der Waals surface area contributed by atoms with Gasteiger partial charge in [0.2, 0.25) is 5.88 Å². The molecule has 0 unspecified atom stereocenters. The molecule has 2 aliphatic rings. The minimum absolute atomic E-state index is 0.123. The molecule has 0 atom stereocenters. The Bertz CT molecular complexity index is 989. The SMILES string of the molecule is Cc1ncc(CC(=O)CC2CCC(F)(CCN3CCc4ccc(OCC(F)F)nc4CC3)CC2)o1. The minimum Gasteiger partial charge on any atom is -0.472 e. The van der Waals surface area contributed by atoms with Gasteiger partial charge in [-0.3, -0.25) is 4.79 Å². The van der Waals surface area contributed by atoms with Gasteiger partial charge in [-0.2, -0.15) is 0 Å². The molecule has 35 heavy (non-hydrogen) atoms. The van der Waals surface area contributed by atoms with E-state index in [0.717, 1.165) is 43.6 Å². The van der Waals surface area contributed by atoms with Gasteiger partial charge in [0.05, 0.1) is 12.6 Å². The first-order valence-corrected chi connectivity index (χ1v) is 12.5. The number of fused-ring (bicyclic) bond motifs is 1. The molecule has 1 fully saturated rings. The third-order valence-electron chi connectivity index (χ3n) is 7.20. The van der Waals surface area contributed by atoms with E-state index >= 15 is 4.39 Å². The maximum absolute atomic E-state index is 15.5. The largest absolute Gasteiger partial charge is 0.472 e. The number of aromatic nitrogens is 2. The summed E-state index contributed by atoms with van der Waals surface area (Å²) in [5, 5.41) is 0. The summed E-state index contributed by atoms with van der Waals surface area (Å²) in [6, 6.07) is 3.54. The van der Waals surface area contributed by atoms with Crippen LogP contribution in [-0.2, 0) is 24.1 Å². The first-order valence-electron chi connectivity index (χ1n) is 12.5. The Labute approximate surface area is 204 Å². The highest BCUT2D eigenvalue weighted by Gasteiger charge is 2.36. The maximum atomic E-state index is 15.5. The van der Waals surface area contributed by atoms with E-state index in [1.54, 1.807) is 19.2 Å². The number of pyridine rings is 1. The molecule has 0 aromatic carbocycles. The topological polar surface area (TPSA) is 68.5 Å². The van der Waals surface area contributed by atoms with E-state index in [-0.39, 0.29) is 24.0 Å². The Kier molecular flexibility index (Phi) is 8.46. The highest BCUT2D eigenvalue weighted by Crippen LogP contribution is 2.39. The summed E-state index contributed by atoms with van der Waals surface area (Å²) in [6.45, 7) is 3.34. The second-order valence-corrected chi connectivity index (χ2v) is 9.91. The van der Waals surface area contributed by atoms with Gasteiger partial charge in [-0.25, -0.2) is 23.1 Å². The van der Waals surface area contributed by atoms with Crippen molar-refractivity contribution in [3.8, 4) is 5.88 Å². The van der Waals surface area contributed by atoms with Crippen LogP contribution in [0.3, 0.4) is 0 Å². The van der Waals surface area contributed by atoms with Crippen molar-refractivity contribution in [1.29, 1.82) is 0 Å². The molecule has 0 spiro atoms. The molecule has 0 saturated heterocycles. The Hall–Kier alpha value is -2.42. The van der Waals surface area contributed by atoms with E-state index in [4.69, 9.17) is 9.15 Å². The van der Waals surface area contributed by atoms with E-state index in [1.807, 2.05) is 6.07 Å². The standard InChI is InChI=1S/C26H34F3N3O3/c1-18-30-16-22(35-18)15-21(33)14-19-4-8-26(29,9-5-19)10-13-32-11-6-20-2-3-25(34-17-24(27)28)31-23(20)7-12-32/h2-3,16,19,24H,4-15,17H2,1H3. The molecule has 3 heterocycles. The number of hydrogen-bond acceptors (Lipinski definition) is 6. The molecule has 192 valence electrons. The van der Waals surface area contributed by atoms with Gasteiger partial charge in [0.1, 0.15) is 17.2 Å². The van der Waals surface area contributed by atoms with E-state index in [1.165, 1.54) is 0 Å². The fraction of sp³-hybridized carbons (Fsp3) is 0.654. The van der Waals surface area contributed by atoms with Crippen LogP contribution in [0.15, 0.2) is 22.7 Å². The number of alkyl halides is 3. The first kappa shape index (κ1) is 25.7. The van der Waals surface area contributed by atoms with Crippen molar-refractivity contribution in [2.45, 2.75) is 76.8 Å². The molecule has 4 rings (SSSR count). The zero-order valence-corrected chi connectivity index (χ0v) is 20.3. The molecule has 0 bridgehead atoms. The first-order chi connectivity index (χ1) is 16.8. The van der Waals surface area contributed by atoms with Crippen LogP contribution in [0.5, 0.6) is 5.88 Å². The zero-order valence-electron chi connectivity index (χ0n) is 20.3. The molecule has 1 aliphatic carbocycles. The molecule has 0 amide bonds. The maximum Gasteiger partial charge on any atom is 0.272 e. The number of aryl methyl sites for hydroxylation is 1. The number of Topliss-reactive ketones (excluding diaryl/α,β-unsaturated/α-hetero) is 1. The molecule has 1 saturated carbocycles. The highest BCUT2D eigenvalue weighted by atomic mass is 19.3. The van der Waals surface area contributed by atoms with Crippen LogP contribution < -0.4 is 4.74 Å². The summed E-state index contributed by atoms with van der Waals surface area (Å²) in [6.07, 6.45) is 4.21. The summed E-state index contributed by atoms with van der Waals surface area (Å²) in [7, 11) is 0. The molecule has 1 aliphatic heterocycles. The Morgan fingerprint density at radius 2 is 2.03 bits per heavy atom. The van der Waals surface area contributed by atoms with Gasteiger partial charge in [0.15, 0.2) is 12.5 Å². The molecule has 0 N–H and O–H groups in total. The van der Waals surface area contributed by atoms with E-state index in [9.17, 15) is 13.6 Å². The van der Waals surface area contributed by atoms with Gasteiger partial charge in [-0.05, 0) is 50.0 Å². The van der Waals surface area contributed by atoms with Crippen LogP contribution in [-0.4, -0.2) is 59.0 Å². The summed E-state index contributed by atoms with van der Waals surface area (Å²) in [5.41, 5.74) is 0.785. The van der Waals surface area contributed by atoms with Crippen molar-refractivity contribution in [3.63, 3.8) is 0 Å². The number of halogens is 3. The molecular weight excluding hydrogens is 459 g/mol. The van der Waals surface area contributed by atoms with Gasteiger partial charge in [-0.15, -0.1) is 0 Å². The van der Waals surface area contributed by atoms with Crippen molar-refractivity contribution in [2.75, 3.05) is 26.2 Å². The number of carbonyl (C=O) groups excluding carboxylic acids is 1. The van der Waals surface area contributed by atoms with Crippen molar-refractivity contribution < 1.29 is 27.1 Å². The Balaban J connectivity index is 1.19. The number of rotatable bonds is 10. The Morgan fingerprint density at radius 1 is 1.26 bits per heavy atom. The summed E-state index contributed by atoms with van der Waals surface area (Å²) < 4.78 is 50.8. The monoisotopic (exact) mass is 493 g/mol. The predicted octanol–water partition coefficient (Wildman–Crippen LogP) is 4.91. The lowest BCUT2D eigenvalue weighted by Crippen LogP contribution is -2.36. The van der Waals surface area contributed by atoms with Crippen molar-refractivity contribution in [1.82, 2.24) is 14.9 Å². The van der Waals surface area contributed by atoms with E-state index in [0.29, 0.717) is 50.3 Å². The number of carbonyl (C=O) groups is 1. The van der Waals surface area contributed by atoms with Gasteiger partial charge in [0, 0.05) is 51.2 Å². The smallest absolute Gasteiger partial charge is 0.272 e. The number of nitrogens with zero attached hydrogens (tertiary/aromatic N) is 3. The van der Waals surface area contributed by atoms with Crippen LogP contribution in [0, 0.1) is 12.8 Å².